The van der Waals surface area contributed by atoms with Crippen LogP contribution in [-0.2, 0) is 6.54 Å². The second kappa shape index (κ2) is 6.37. The molecular formula is C14H11Br3FN. The average Bonchev–Trinajstić information content (AvgIpc) is 2.25. The minimum Gasteiger partial charge on any atom is -0.379 e. The summed E-state index contributed by atoms with van der Waals surface area (Å²) in [6, 6.07) is 8.93. The van der Waals surface area contributed by atoms with Gasteiger partial charge in [0.1, 0.15) is 5.82 Å². The van der Waals surface area contributed by atoms with Crippen molar-refractivity contribution in [2.45, 2.75) is 13.5 Å². The van der Waals surface area contributed by atoms with E-state index in [0.29, 0.717) is 6.54 Å². The maximum absolute atomic E-state index is 13.3. The molecule has 2 aromatic rings. The molecule has 100 valence electrons. The van der Waals surface area contributed by atoms with Crippen molar-refractivity contribution in [3.05, 3.63) is 60.7 Å². The van der Waals surface area contributed by atoms with Gasteiger partial charge in [-0.05, 0) is 80.2 Å². The molecule has 1 N–H and O–H groups in total. The third kappa shape index (κ3) is 4.04. The Hall–Kier alpha value is -0.390. The summed E-state index contributed by atoms with van der Waals surface area (Å²) in [5, 5.41) is 3.30. The summed E-state index contributed by atoms with van der Waals surface area (Å²) in [6.07, 6.45) is 0. The molecule has 5 heteroatoms. The number of rotatable bonds is 3. The van der Waals surface area contributed by atoms with E-state index in [9.17, 15) is 4.39 Å². The Morgan fingerprint density at radius 3 is 2.21 bits per heavy atom. The normalized spacial score (nSPS) is 10.6. The zero-order valence-corrected chi connectivity index (χ0v) is 14.9. The molecule has 0 bridgehead atoms. The molecule has 0 radical (unpaired) electrons. The Bertz CT molecular complexity index is 570. The second-order valence-corrected chi connectivity index (χ2v) is 6.86. The van der Waals surface area contributed by atoms with Crippen LogP contribution in [0, 0.1) is 12.7 Å². The number of halogens is 4. The van der Waals surface area contributed by atoms with Crippen molar-refractivity contribution in [3.8, 4) is 0 Å². The molecule has 0 saturated heterocycles. The number of hydrogen-bond donors (Lipinski definition) is 1. The molecule has 0 aliphatic carbocycles. The molecule has 1 nitrogen and oxygen atoms in total. The third-order valence-corrected chi connectivity index (χ3v) is 4.29. The summed E-state index contributed by atoms with van der Waals surface area (Å²) in [6.45, 7) is 2.58. The first kappa shape index (κ1) is 15.0. The monoisotopic (exact) mass is 449 g/mol. The molecule has 0 amide bonds. The van der Waals surface area contributed by atoms with Crippen LogP contribution in [0.2, 0.25) is 0 Å². The summed E-state index contributed by atoms with van der Waals surface area (Å²) < 4.78 is 16.0. The maximum atomic E-state index is 13.3. The minimum atomic E-state index is -0.242. The molecule has 0 unspecified atom stereocenters. The van der Waals surface area contributed by atoms with E-state index in [-0.39, 0.29) is 5.82 Å². The second-order valence-electron chi connectivity index (χ2n) is 4.23. The van der Waals surface area contributed by atoms with Crippen LogP contribution >= 0.6 is 47.8 Å². The van der Waals surface area contributed by atoms with E-state index in [1.807, 2.05) is 25.1 Å². The van der Waals surface area contributed by atoms with Crippen molar-refractivity contribution in [1.82, 2.24) is 0 Å². The van der Waals surface area contributed by atoms with Crippen LogP contribution in [0.25, 0.3) is 0 Å². The van der Waals surface area contributed by atoms with Crippen molar-refractivity contribution in [2.75, 3.05) is 5.32 Å². The number of nitrogens with one attached hydrogen (secondary N) is 1. The van der Waals surface area contributed by atoms with Gasteiger partial charge in [0, 0.05) is 20.0 Å². The Morgan fingerprint density at radius 2 is 1.63 bits per heavy atom. The highest BCUT2D eigenvalue weighted by molar-refractivity contribution is 9.11. The lowest BCUT2D eigenvalue weighted by Gasteiger charge is -2.12. The van der Waals surface area contributed by atoms with Crippen LogP contribution in [0.3, 0.4) is 0 Å². The number of hydrogen-bond acceptors (Lipinski definition) is 1. The highest BCUT2D eigenvalue weighted by Crippen LogP contribution is 2.32. The summed E-state index contributed by atoms with van der Waals surface area (Å²) >= 11 is 10.3. The molecule has 0 heterocycles. The van der Waals surface area contributed by atoms with Gasteiger partial charge in [0.15, 0.2) is 0 Å². The topological polar surface area (TPSA) is 12.0 Å². The van der Waals surface area contributed by atoms with E-state index in [0.717, 1.165) is 30.2 Å². The van der Waals surface area contributed by atoms with Crippen LogP contribution < -0.4 is 5.32 Å². The fraction of sp³-hybridized carbons (Fsp3) is 0.143. The largest absolute Gasteiger partial charge is 0.379 e. The molecule has 0 saturated carbocycles. The Balaban J connectivity index is 2.19. The van der Waals surface area contributed by atoms with Crippen LogP contribution in [0.1, 0.15) is 11.1 Å². The summed E-state index contributed by atoms with van der Waals surface area (Å²) in [4.78, 5) is 0. The van der Waals surface area contributed by atoms with Gasteiger partial charge < -0.3 is 5.32 Å². The molecule has 0 aliphatic rings. The average molecular weight is 452 g/mol. The molecule has 0 atom stereocenters. The number of aryl methyl sites for hydroxylation is 1. The van der Waals surface area contributed by atoms with Crippen LogP contribution in [0.15, 0.2) is 43.7 Å². The Labute approximate surface area is 137 Å². The fourth-order valence-corrected chi connectivity index (χ4v) is 3.98. The van der Waals surface area contributed by atoms with Crippen LogP contribution in [0.5, 0.6) is 0 Å². The van der Waals surface area contributed by atoms with Gasteiger partial charge in [-0.3, -0.25) is 0 Å². The van der Waals surface area contributed by atoms with Gasteiger partial charge in [0.2, 0.25) is 0 Å². The lowest BCUT2D eigenvalue weighted by Crippen LogP contribution is -2.01. The smallest absolute Gasteiger partial charge is 0.124 e. The first-order chi connectivity index (χ1) is 8.95. The predicted molar refractivity (Wildman–Crippen MR) is 88.0 cm³/mol. The van der Waals surface area contributed by atoms with Crippen molar-refractivity contribution in [1.29, 1.82) is 0 Å². The van der Waals surface area contributed by atoms with Crippen molar-refractivity contribution in [2.24, 2.45) is 0 Å². The summed E-state index contributed by atoms with van der Waals surface area (Å²) in [5.74, 6) is -0.242. The molecule has 2 rings (SSSR count). The Morgan fingerprint density at radius 1 is 1.00 bits per heavy atom. The van der Waals surface area contributed by atoms with Crippen molar-refractivity contribution < 1.29 is 4.39 Å². The van der Waals surface area contributed by atoms with E-state index in [1.165, 1.54) is 12.1 Å². The molecular weight excluding hydrogens is 441 g/mol. The van der Waals surface area contributed by atoms with Crippen LogP contribution in [-0.4, -0.2) is 0 Å². The molecule has 2 aromatic carbocycles. The van der Waals surface area contributed by atoms with E-state index in [2.05, 4.69) is 53.1 Å². The fourth-order valence-electron chi connectivity index (χ4n) is 1.77. The first-order valence-electron chi connectivity index (χ1n) is 5.60. The van der Waals surface area contributed by atoms with Crippen molar-refractivity contribution >= 4 is 53.5 Å². The molecule has 0 spiro atoms. The SMILES string of the molecule is Cc1cc(Br)c(NCc2cc(F)cc(Br)c2)c(Br)c1. The van der Waals surface area contributed by atoms with Crippen molar-refractivity contribution in [3.63, 3.8) is 0 Å². The van der Waals surface area contributed by atoms with Gasteiger partial charge in [-0.1, -0.05) is 15.9 Å². The van der Waals surface area contributed by atoms with Gasteiger partial charge >= 0.3 is 0 Å². The van der Waals surface area contributed by atoms with Gasteiger partial charge in [-0.15, -0.1) is 0 Å². The minimum absolute atomic E-state index is 0.242. The molecule has 0 fully saturated rings. The van der Waals surface area contributed by atoms with Gasteiger partial charge in [0.25, 0.3) is 0 Å². The first-order valence-corrected chi connectivity index (χ1v) is 7.98. The standard InChI is InChI=1S/C14H11Br3FN/c1-8-2-12(16)14(13(17)3-8)19-7-9-4-10(15)6-11(18)5-9/h2-6,19H,7H2,1H3. The van der Waals surface area contributed by atoms with E-state index >= 15 is 0 Å². The van der Waals surface area contributed by atoms with Crippen LogP contribution in [0.4, 0.5) is 10.1 Å². The van der Waals surface area contributed by atoms with E-state index in [4.69, 9.17) is 0 Å². The molecule has 19 heavy (non-hydrogen) atoms. The zero-order valence-electron chi connectivity index (χ0n) is 10.1. The lowest BCUT2D eigenvalue weighted by molar-refractivity contribution is 0.625. The lowest BCUT2D eigenvalue weighted by atomic mass is 10.2. The summed E-state index contributed by atoms with van der Waals surface area (Å²) in [5.41, 5.74) is 3.01. The molecule has 0 aromatic heterocycles. The highest BCUT2D eigenvalue weighted by Gasteiger charge is 2.06. The molecule has 0 aliphatic heterocycles. The van der Waals surface area contributed by atoms with E-state index < -0.39 is 0 Å². The maximum Gasteiger partial charge on any atom is 0.124 e. The summed E-state index contributed by atoms with van der Waals surface area (Å²) in [7, 11) is 0. The number of anilines is 1. The highest BCUT2D eigenvalue weighted by atomic mass is 79.9. The predicted octanol–water partition coefficient (Wildman–Crippen LogP) is 6.03. The van der Waals surface area contributed by atoms with Gasteiger partial charge in [-0.25, -0.2) is 4.39 Å². The van der Waals surface area contributed by atoms with E-state index in [1.54, 1.807) is 0 Å². The quantitative estimate of drug-likeness (QED) is 0.600. The Kier molecular flexibility index (Phi) is 5.03. The number of benzene rings is 2. The van der Waals surface area contributed by atoms with Gasteiger partial charge in [0.05, 0.1) is 5.69 Å². The zero-order chi connectivity index (χ0) is 14.0. The van der Waals surface area contributed by atoms with Gasteiger partial charge in [-0.2, -0.15) is 0 Å². The third-order valence-electron chi connectivity index (χ3n) is 2.58.